The number of hydrogen-bond donors (Lipinski definition) is 1. The summed E-state index contributed by atoms with van der Waals surface area (Å²) >= 11 is 5.21. The molecule has 110 valence electrons. The van der Waals surface area contributed by atoms with Gasteiger partial charge in [-0.2, -0.15) is 0 Å². The Morgan fingerprint density at radius 2 is 2.00 bits per heavy atom. The third kappa shape index (κ3) is 3.07. The van der Waals surface area contributed by atoms with E-state index in [9.17, 15) is 0 Å². The normalized spacial score (nSPS) is 12.8. The molecule has 0 spiro atoms. The molecule has 1 unspecified atom stereocenters. The van der Waals surface area contributed by atoms with Crippen molar-refractivity contribution in [2.45, 2.75) is 31.2 Å². The van der Waals surface area contributed by atoms with Crippen molar-refractivity contribution in [2.24, 2.45) is 0 Å². The Bertz CT molecular complexity index is 776. The number of aromatic nitrogens is 2. The highest BCUT2D eigenvalue weighted by Gasteiger charge is 2.13. The molecule has 0 bridgehead atoms. The summed E-state index contributed by atoms with van der Waals surface area (Å²) in [5, 5.41) is 4.70. The number of thiazole rings is 2. The van der Waals surface area contributed by atoms with E-state index in [1.165, 1.54) is 9.58 Å². The third-order valence-corrected chi connectivity index (χ3v) is 6.52. The number of benzene rings is 1. The van der Waals surface area contributed by atoms with Crippen molar-refractivity contribution in [3.63, 3.8) is 0 Å². The second-order valence-corrected chi connectivity index (χ2v) is 8.23. The summed E-state index contributed by atoms with van der Waals surface area (Å²) < 4.78 is 2.35. The molecular formula is C15H17N3S3. The number of fused-ring (bicyclic) bond motifs is 1. The first-order valence-electron chi connectivity index (χ1n) is 6.72. The van der Waals surface area contributed by atoms with Gasteiger partial charge in [-0.25, -0.2) is 9.97 Å². The first-order valence-corrected chi connectivity index (χ1v) is 9.57. The lowest BCUT2D eigenvalue weighted by Crippen LogP contribution is -2.06. The van der Waals surface area contributed by atoms with Crippen LogP contribution in [-0.2, 0) is 0 Å². The van der Waals surface area contributed by atoms with Gasteiger partial charge in [-0.15, -0.1) is 22.7 Å². The van der Waals surface area contributed by atoms with Gasteiger partial charge in [0.25, 0.3) is 0 Å². The van der Waals surface area contributed by atoms with Crippen molar-refractivity contribution < 1.29 is 0 Å². The van der Waals surface area contributed by atoms with Crippen LogP contribution in [0.15, 0.2) is 22.5 Å². The predicted octanol–water partition coefficient (Wildman–Crippen LogP) is 5.26. The van der Waals surface area contributed by atoms with Crippen LogP contribution < -0.4 is 5.32 Å². The fourth-order valence-electron chi connectivity index (χ4n) is 2.34. The molecular weight excluding hydrogens is 318 g/mol. The minimum Gasteiger partial charge on any atom is -0.378 e. The van der Waals surface area contributed by atoms with Gasteiger partial charge in [-0.3, -0.25) is 0 Å². The Kier molecular flexibility index (Phi) is 4.19. The SMILES string of the molecule is CSc1nc2ccc(NC(C)c3sc(C)nc3C)cc2s1. The number of nitrogens with zero attached hydrogens (tertiary/aromatic N) is 2. The molecule has 0 aliphatic rings. The van der Waals surface area contributed by atoms with Crippen LogP contribution in [0.4, 0.5) is 5.69 Å². The van der Waals surface area contributed by atoms with Crippen molar-refractivity contribution in [3.05, 3.63) is 33.8 Å². The van der Waals surface area contributed by atoms with Gasteiger partial charge in [0.15, 0.2) is 4.34 Å². The average molecular weight is 336 g/mol. The van der Waals surface area contributed by atoms with Crippen LogP contribution in [0, 0.1) is 13.8 Å². The van der Waals surface area contributed by atoms with Crippen molar-refractivity contribution >= 4 is 50.3 Å². The fourth-order valence-corrected chi connectivity index (χ4v) is 4.80. The molecule has 0 fully saturated rings. The molecule has 2 heterocycles. The van der Waals surface area contributed by atoms with Crippen LogP contribution in [0.1, 0.15) is 28.5 Å². The molecule has 0 saturated carbocycles. The molecule has 3 aromatic rings. The van der Waals surface area contributed by atoms with Crippen LogP contribution in [0.5, 0.6) is 0 Å². The molecule has 3 nitrogen and oxygen atoms in total. The summed E-state index contributed by atoms with van der Waals surface area (Å²) in [4.78, 5) is 10.4. The molecule has 21 heavy (non-hydrogen) atoms. The monoisotopic (exact) mass is 335 g/mol. The fraction of sp³-hybridized carbons (Fsp3) is 0.333. The summed E-state index contributed by atoms with van der Waals surface area (Å²) in [5.74, 6) is 0. The Labute approximate surface area is 136 Å². The second-order valence-electron chi connectivity index (χ2n) is 4.91. The molecule has 1 atom stereocenters. The highest BCUT2D eigenvalue weighted by molar-refractivity contribution is 8.00. The Hall–Kier alpha value is -1.11. The van der Waals surface area contributed by atoms with Gasteiger partial charge in [-0.05, 0) is 45.2 Å². The minimum atomic E-state index is 0.265. The molecule has 1 N–H and O–H groups in total. The topological polar surface area (TPSA) is 37.8 Å². The summed E-state index contributed by atoms with van der Waals surface area (Å²) in [6.45, 7) is 6.32. The Balaban J connectivity index is 1.85. The number of hydrogen-bond acceptors (Lipinski definition) is 6. The lowest BCUT2D eigenvalue weighted by atomic mass is 10.2. The van der Waals surface area contributed by atoms with Gasteiger partial charge in [-0.1, -0.05) is 11.8 Å². The molecule has 0 radical (unpaired) electrons. The maximum Gasteiger partial charge on any atom is 0.150 e. The van der Waals surface area contributed by atoms with Crippen molar-refractivity contribution in [1.29, 1.82) is 0 Å². The first-order chi connectivity index (χ1) is 10.1. The standard InChI is InChI=1S/C15H17N3S3/c1-8-14(20-10(3)16-8)9(2)17-11-5-6-12-13(7-11)21-15(18-12)19-4/h5-7,9,17H,1-4H3. The zero-order valence-electron chi connectivity index (χ0n) is 12.4. The lowest BCUT2D eigenvalue weighted by molar-refractivity contribution is 0.890. The van der Waals surface area contributed by atoms with Gasteiger partial charge in [0.05, 0.1) is 27.0 Å². The zero-order valence-corrected chi connectivity index (χ0v) is 14.9. The third-order valence-electron chi connectivity index (χ3n) is 3.26. The first kappa shape index (κ1) is 14.8. The highest BCUT2D eigenvalue weighted by atomic mass is 32.2. The second kappa shape index (κ2) is 5.94. The molecule has 6 heteroatoms. The number of thioether (sulfide) groups is 1. The number of aryl methyl sites for hydroxylation is 2. The molecule has 3 rings (SSSR count). The van der Waals surface area contributed by atoms with Gasteiger partial charge < -0.3 is 5.32 Å². The van der Waals surface area contributed by atoms with Crippen molar-refractivity contribution in [3.8, 4) is 0 Å². The quantitative estimate of drug-likeness (QED) is 0.660. The summed E-state index contributed by atoms with van der Waals surface area (Å²) in [6, 6.07) is 6.64. The van der Waals surface area contributed by atoms with Gasteiger partial charge in [0.2, 0.25) is 0 Å². The lowest BCUT2D eigenvalue weighted by Gasteiger charge is -2.14. The predicted molar refractivity (Wildman–Crippen MR) is 95.0 cm³/mol. The number of rotatable bonds is 4. The minimum absolute atomic E-state index is 0.265. The summed E-state index contributed by atoms with van der Waals surface area (Å²) in [6.07, 6.45) is 2.06. The molecule has 0 aliphatic carbocycles. The maximum absolute atomic E-state index is 4.57. The van der Waals surface area contributed by atoms with E-state index in [2.05, 4.69) is 60.5 Å². The molecule has 0 amide bonds. The Morgan fingerprint density at radius 3 is 2.67 bits per heavy atom. The smallest absolute Gasteiger partial charge is 0.150 e. The van der Waals surface area contributed by atoms with E-state index in [0.717, 1.165) is 26.2 Å². The molecule has 1 aromatic carbocycles. The number of anilines is 1. The van der Waals surface area contributed by atoms with Crippen LogP contribution in [0.2, 0.25) is 0 Å². The van der Waals surface area contributed by atoms with Gasteiger partial charge >= 0.3 is 0 Å². The molecule has 2 aromatic heterocycles. The van der Waals surface area contributed by atoms with Gasteiger partial charge in [0.1, 0.15) is 0 Å². The maximum atomic E-state index is 4.57. The van der Waals surface area contributed by atoms with Crippen molar-refractivity contribution in [2.75, 3.05) is 11.6 Å². The zero-order chi connectivity index (χ0) is 15.0. The van der Waals surface area contributed by atoms with Crippen LogP contribution in [-0.4, -0.2) is 16.2 Å². The van der Waals surface area contributed by atoms with E-state index in [1.54, 1.807) is 34.4 Å². The van der Waals surface area contributed by atoms with E-state index in [4.69, 9.17) is 0 Å². The highest BCUT2D eigenvalue weighted by Crippen LogP contribution is 2.32. The van der Waals surface area contributed by atoms with E-state index in [1.807, 2.05) is 0 Å². The Morgan fingerprint density at radius 1 is 1.19 bits per heavy atom. The molecule has 0 saturated heterocycles. The van der Waals surface area contributed by atoms with Crippen LogP contribution >= 0.6 is 34.4 Å². The largest absolute Gasteiger partial charge is 0.378 e. The van der Waals surface area contributed by atoms with E-state index in [-0.39, 0.29) is 6.04 Å². The summed E-state index contributed by atoms with van der Waals surface area (Å²) in [5.41, 5.74) is 3.34. The van der Waals surface area contributed by atoms with E-state index < -0.39 is 0 Å². The van der Waals surface area contributed by atoms with E-state index in [0.29, 0.717) is 0 Å². The van der Waals surface area contributed by atoms with Crippen LogP contribution in [0.3, 0.4) is 0 Å². The van der Waals surface area contributed by atoms with E-state index >= 15 is 0 Å². The number of nitrogens with one attached hydrogen (secondary N) is 1. The average Bonchev–Trinajstić information content (AvgIpc) is 3.00. The summed E-state index contributed by atoms with van der Waals surface area (Å²) in [7, 11) is 0. The van der Waals surface area contributed by atoms with Gasteiger partial charge in [0, 0.05) is 10.6 Å². The van der Waals surface area contributed by atoms with Crippen LogP contribution in [0.25, 0.3) is 10.2 Å². The van der Waals surface area contributed by atoms with Crippen molar-refractivity contribution in [1.82, 2.24) is 9.97 Å². The molecule has 0 aliphatic heterocycles.